The summed E-state index contributed by atoms with van der Waals surface area (Å²) in [6, 6.07) is 4.52. The molecule has 16 heavy (non-hydrogen) atoms. The Balaban J connectivity index is 0. The van der Waals surface area contributed by atoms with Crippen molar-refractivity contribution in [1.82, 2.24) is 4.98 Å². The third-order valence-electron chi connectivity index (χ3n) is 1.28. The van der Waals surface area contributed by atoms with Gasteiger partial charge in [-0.25, -0.2) is 0 Å². The van der Waals surface area contributed by atoms with Gasteiger partial charge in [-0.2, -0.15) is 6.07 Å². The Morgan fingerprint density at radius 2 is 2.19 bits per heavy atom. The fourth-order valence-electron chi connectivity index (χ4n) is 0.703. The van der Waals surface area contributed by atoms with Crippen LogP contribution in [0.15, 0.2) is 24.2 Å². The van der Waals surface area contributed by atoms with Crippen molar-refractivity contribution in [2.75, 3.05) is 0 Å². The van der Waals surface area contributed by atoms with Gasteiger partial charge in [-0.05, 0) is 0 Å². The Bertz CT molecular complexity index is 323. The third kappa shape index (κ3) is 7.54. The molecular weight excluding hydrogens is 279 g/mol. The van der Waals surface area contributed by atoms with Gasteiger partial charge in [0.25, 0.3) is 0 Å². The van der Waals surface area contributed by atoms with Crippen LogP contribution in [0.4, 0.5) is 0 Å². The van der Waals surface area contributed by atoms with Crippen LogP contribution in [0.2, 0.25) is 0 Å². The number of nitrogens with zero attached hydrogens (tertiary/aromatic N) is 1. The minimum Gasteiger partial charge on any atom is -0.486 e. The molecule has 0 saturated heterocycles. The molecule has 1 heterocycles. The summed E-state index contributed by atoms with van der Waals surface area (Å²) in [6.07, 6.45) is 4.02. The first kappa shape index (κ1) is 17.7. The van der Waals surface area contributed by atoms with Crippen molar-refractivity contribution in [3.8, 4) is 5.88 Å². The summed E-state index contributed by atoms with van der Waals surface area (Å²) in [5.41, 5.74) is 6.32. The summed E-state index contributed by atoms with van der Waals surface area (Å²) < 4.78 is 5.06. The van der Waals surface area contributed by atoms with E-state index in [-0.39, 0.29) is 38.6 Å². The van der Waals surface area contributed by atoms with Crippen LogP contribution in [0.25, 0.3) is 0 Å². The second-order valence-corrected chi connectivity index (χ2v) is 2.41. The second kappa shape index (κ2) is 10.8. The predicted octanol–water partition coefficient (Wildman–Crippen LogP) is 2.04. The summed E-state index contributed by atoms with van der Waals surface area (Å²) in [5, 5.41) is 6.74. The second-order valence-electron chi connectivity index (χ2n) is 2.41. The van der Waals surface area contributed by atoms with E-state index in [2.05, 4.69) is 11.1 Å². The first-order valence-electron chi connectivity index (χ1n) is 4.71. The van der Waals surface area contributed by atoms with Gasteiger partial charge >= 0.3 is 0 Å². The van der Waals surface area contributed by atoms with Crippen molar-refractivity contribution in [2.24, 2.45) is 5.73 Å². The molecule has 0 fully saturated rings. The molecule has 85 valence electrons. The number of aryl methyl sites for hydroxylation is 1. The molecule has 1 rings (SSSR count). The van der Waals surface area contributed by atoms with Gasteiger partial charge in [-0.1, -0.05) is 27.0 Å². The number of nitrogens with one attached hydrogen (secondary N) is 1. The summed E-state index contributed by atoms with van der Waals surface area (Å²) in [6.45, 7) is 5.88. The van der Waals surface area contributed by atoms with E-state index in [1.54, 1.807) is 12.3 Å². The molecule has 0 spiro atoms. The van der Waals surface area contributed by atoms with Crippen molar-refractivity contribution in [2.45, 2.75) is 20.8 Å². The molecular formula is C11H16N3OY-. The zero-order chi connectivity index (χ0) is 11.7. The molecule has 0 atom stereocenters. The number of nitrogens with two attached hydrogens (primary N) is 1. The molecule has 4 nitrogen and oxygen atoms in total. The van der Waals surface area contributed by atoms with E-state index in [4.69, 9.17) is 15.9 Å². The van der Waals surface area contributed by atoms with E-state index < -0.39 is 0 Å². The van der Waals surface area contributed by atoms with E-state index in [9.17, 15) is 0 Å². The Morgan fingerprint density at radius 1 is 1.56 bits per heavy atom. The van der Waals surface area contributed by atoms with Crippen LogP contribution in [0, 0.1) is 18.4 Å². The van der Waals surface area contributed by atoms with E-state index >= 15 is 0 Å². The van der Waals surface area contributed by atoms with Crippen LogP contribution in [0.3, 0.4) is 0 Å². The zero-order valence-corrected chi connectivity index (χ0v) is 12.7. The van der Waals surface area contributed by atoms with E-state index in [0.717, 1.165) is 11.8 Å². The first-order valence-corrected chi connectivity index (χ1v) is 4.71. The van der Waals surface area contributed by atoms with Crippen molar-refractivity contribution in [3.63, 3.8) is 0 Å². The first-order chi connectivity index (χ1) is 7.22. The minimum absolute atomic E-state index is 0. The van der Waals surface area contributed by atoms with Gasteiger partial charge in [0.15, 0.2) is 5.88 Å². The van der Waals surface area contributed by atoms with Gasteiger partial charge in [0, 0.05) is 45.0 Å². The minimum atomic E-state index is 0. The maximum atomic E-state index is 6.74. The maximum Gasteiger partial charge on any atom is 0.180 e. The van der Waals surface area contributed by atoms with Crippen LogP contribution in [-0.4, -0.2) is 11.2 Å². The van der Waals surface area contributed by atoms with Gasteiger partial charge in [-0.3, -0.25) is 0 Å². The van der Waals surface area contributed by atoms with Crippen molar-refractivity contribution in [3.05, 3.63) is 35.9 Å². The number of ether oxygens (including phenoxy) is 1. The Labute approximate surface area is 122 Å². The largest absolute Gasteiger partial charge is 0.486 e. The Morgan fingerprint density at radius 3 is 2.62 bits per heavy atom. The molecule has 1 aromatic rings. The van der Waals surface area contributed by atoms with Gasteiger partial charge < -0.3 is 20.9 Å². The van der Waals surface area contributed by atoms with E-state index in [0.29, 0.717) is 5.88 Å². The van der Waals surface area contributed by atoms with Crippen molar-refractivity contribution < 1.29 is 37.4 Å². The summed E-state index contributed by atoms with van der Waals surface area (Å²) in [4.78, 5) is 3.95. The van der Waals surface area contributed by atoms with Gasteiger partial charge in [-0.15, -0.1) is 11.6 Å². The molecule has 5 heteroatoms. The van der Waals surface area contributed by atoms with E-state index in [1.165, 1.54) is 6.08 Å². The summed E-state index contributed by atoms with van der Waals surface area (Å²) in [5.74, 6) is 0.515. The topological polar surface area (TPSA) is 72.0 Å². The van der Waals surface area contributed by atoms with Crippen LogP contribution < -0.4 is 10.5 Å². The van der Waals surface area contributed by atoms with Crippen LogP contribution >= 0.6 is 0 Å². The smallest absolute Gasteiger partial charge is 0.180 e. The maximum absolute atomic E-state index is 6.74. The predicted molar refractivity (Wildman–Crippen MR) is 60.8 cm³/mol. The fourth-order valence-corrected chi connectivity index (χ4v) is 0.703. The number of hydrogen-bond acceptors (Lipinski definition) is 4. The number of allylic oxidation sites excluding steroid dienone is 1. The molecule has 3 N–H and O–H groups in total. The molecule has 0 saturated carbocycles. The molecule has 0 aliphatic heterocycles. The van der Waals surface area contributed by atoms with Crippen LogP contribution in [0.1, 0.15) is 19.4 Å². The molecule has 0 aliphatic carbocycles. The number of rotatable bonds is 3. The normalized spacial score (nSPS) is 9.31. The number of hydrogen-bond donors (Lipinski definition) is 2. The Kier molecular flexibility index (Phi) is 11.9. The number of aromatic nitrogens is 1. The fraction of sp³-hybridized carbons (Fsp3) is 0.273. The van der Waals surface area contributed by atoms with Crippen LogP contribution in [0.5, 0.6) is 5.88 Å². The van der Waals surface area contributed by atoms with Crippen LogP contribution in [-0.2, 0) is 32.7 Å². The molecule has 1 aromatic heterocycles. The molecule has 0 amide bonds. The van der Waals surface area contributed by atoms with Gasteiger partial charge in [0.2, 0.25) is 0 Å². The Hall–Kier alpha value is -0.736. The SMILES string of the molecule is CC.Cc1[c-]cc(O/C(N)=C/C=N)nc1.[Y]. The standard InChI is InChI=1S/C9H10N3O.C2H6.Y/c1-7-2-3-9(12-6-7)13-8(11)4-5-10;1-2;/h3-6,10H,11H2,1H3;1-2H3;/q-1;;/b8-4+,10-5?;;. The van der Waals surface area contributed by atoms with E-state index in [1.807, 2.05) is 20.8 Å². The average molecular weight is 295 g/mol. The van der Waals surface area contributed by atoms with Gasteiger partial charge in [0.05, 0.1) is 0 Å². The van der Waals surface area contributed by atoms with Gasteiger partial charge in [0.1, 0.15) is 5.88 Å². The number of pyridine rings is 1. The molecule has 0 aliphatic rings. The monoisotopic (exact) mass is 295 g/mol. The zero-order valence-electron chi connectivity index (χ0n) is 9.82. The average Bonchev–Trinajstić information content (AvgIpc) is 2.25. The van der Waals surface area contributed by atoms with Crippen molar-refractivity contribution >= 4 is 6.21 Å². The molecule has 0 unspecified atom stereocenters. The quantitative estimate of drug-likeness (QED) is 0.509. The summed E-state index contributed by atoms with van der Waals surface area (Å²) >= 11 is 0. The van der Waals surface area contributed by atoms with Crippen molar-refractivity contribution in [1.29, 1.82) is 5.41 Å². The molecule has 0 aromatic carbocycles. The summed E-state index contributed by atoms with van der Waals surface area (Å²) in [7, 11) is 0. The third-order valence-corrected chi connectivity index (χ3v) is 1.28. The molecule has 0 bridgehead atoms. The molecule has 1 radical (unpaired) electrons.